The fraction of sp³-hybridized carbons (Fsp3) is 0.300. The number of nitrogens with one attached hydrogen (secondary N) is 1. The molecule has 1 aromatic carbocycles. The Morgan fingerprint density at radius 3 is 2.44 bits per heavy atom. The molecule has 0 aliphatic carbocycles. The third kappa shape index (κ3) is 3.22. The van der Waals surface area contributed by atoms with Gasteiger partial charge < -0.3 is 5.32 Å². The molecule has 0 atom stereocenters. The maximum atomic E-state index is 12.9. The Kier molecular flexibility index (Phi) is 3.51. The lowest BCUT2D eigenvalue weighted by Gasteiger charge is -2.09. The first-order chi connectivity index (χ1) is 7.32. The predicted octanol–water partition coefficient (Wildman–Crippen LogP) is 2.13. The third-order valence-corrected chi connectivity index (χ3v) is 1.93. The van der Waals surface area contributed by atoms with Gasteiger partial charge in [-0.1, -0.05) is 0 Å². The van der Waals surface area contributed by atoms with E-state index in [4.69, 9.17) is 0 Å². The summed E-state index contributed by atoms with van der Waals surface area (Å²) in [5.74, 6) is -1.48. The molecular formula is C10H9F4NO. The van der Waals surface area contributed by atoms with Gasteiger partial charge in [0.1, 0.15) is 5.82 Å². The molecule has 0 bridgehead atoms. The minimum Gasteiger partial charge on any atom is -0.359 e. The number of carbonyl (C=O) groups is 1. The van der Waals surface area contributed by atoms with Crippen LogP contribution < -0.4 is 5.32 Å². The second kappa shape index (κ2) is 4.51. The van der Waals surface area contributed by atoms with E-state index < -0.39 is 23.5 Å². The van der Waals surface area contributed by atoms with E-state index >= 15 is 0 Å². The predicted molar refractivity (Wildman–Crippen MR) is 49.2 cm³/mol. The van der Waals surface area contributed by atoms with E-state index in [1.165, 1.54) is 7.05 Å². The molecule has 0 saturated carbocycles. The lowest BCUT2D eigenvalue weighted by Crippen LogP contribution is -2.20. The number of alkyl halides is 3. The van der Waals surface area contributed by atoms with Gasteiger partial charge in [-0.2, -0.15) is 13.2 Å². The molecule has 1 N–H and O–H groups in total. The van der Waals surface area contributed by atoms with Crippen LogP contribution in [0.15, 0.2) is 18.2 Å². The van der Waals surface area contributed by atoms with Crippen LogP contribution in [0.25, 0.3) is 0 Å². The summed E-state index contributed by atoms with van der Waals surface area (Å²) in [7, 11) is 1.35. The van der Waals surface area contributed by atoms with Crippen LogP contribution in [0.1, 0.15) is 11.1 Å². The van der Waals surface area contributed by atoms with Crippen molar-refractivity contribution in [2.24, 2.45) is 0 Å². The van der Waals surface area contributed by atoms with Gasteiger partial charge in [0.05, 0.1) is 12.0 Å². The van der Waals surface area contributed by atoms with E-state index in [9.17, 15) is 22.4 Å². The number of hydrogen-bond donors (Lipinski definition) is 1. The van der Waals surface area contributed by atoms with Gasteiger partial charge in [-0.05, 0) is 23.8 Å². The molecule has 0 unspecified atom stereocenters. The number of rotatable bonds is 2. The van der Waals surface area contributed by atoms with Crippen molar-refractivity contribution in [2.75, 3.05) is 7.05 Å². The molecule has 0 saturated heterocycles. The molecule has 16 heavy (non-hydrogen) atoms. The fourth-order valence-corrected chi connectivity index (χ4v) is 1.19. The molecule has 0 fully saturated rings. The Labute approximate surface area is 89.3 Å². The van der Waals surface area contributed by atoms with Crippen LogP contribution in [-0.2, 0) is 17.4 Å². The molecule has 0 aliphatic rings. The van der Waals surface area contributed by atoms with E-state index in [0.29, 0.717) is 6.07 Å². The maximum Gasteiger partial charge on any atom is 0.416 e. The van der Waals surface area contributed by atoms with E-state index in [-0.39, 0.29) is 12.0 Å². The lowest BCUT2D eigenvalue weighted by atomic mass is 10.1. The first kappa shape index (κ1) is 12.5. The fourth-order valence-electron chi connectivity index (χ4n) is 1.19. The summed E-state index contributed by atoms with van der Waals surface area (Å²) >= 11 is 0. The summed E-state index contributed by atoms with van der Waals surface area (Å²) in [6.07, 6.45) is -4.89. The van der Waals surface area contributed by atoms with Crippen LogP contribution in [0.2, 0.25) is 0 Å². The number of likely N-dealkylation sites (N-methyl/N-ethyl adjacent to an activating group) is 1. The van der Waals surface area contributed by atoms with Gasteiger partial charge >= 0.3 is 6.18 Å². The molecule has 88 valence electrons. The van der Waals surface area contributed by atoms with Gasteiger partial charge in [-0.25, -0.2) is 4.39 Å². The Morgan fingerprint density at radius 2 is 1.94 bits per heavy atom. The van der Waals surface area contributed by atoms with Crippen molar-refractivity contribution >= 4 is 5.91 Å². The minimum absolute atomic E-state index is 0.00771. The zero-order chi connectivity index (χ0) is 12.3. The van der Waals surface area contributed by atoms with Gasteiger partial charge in [0, 0.05) is 7.05 Å². The third-order valence-electron chi connectivity index (χ3n) is 1.93. The van der Waals surface area contributed by atoms with Gasteiger partial charge in [0.15, 0.2) is 0 Å². The molecule has 6 heteroatoms. The van der Waals surface area contributed by atoms with Crippen molar-refractivity contribution in [3.63, 3.8) is 0 Å². The smallest absolute Gasteiger partial charge is 0.359 e. The topological polar surface area (TPSA) is 29.1 Å². The Bertz CT molecular complexity index is 400. The maximum absolute atomic E-state index is 12.9. The Balaban J connectivity index is 3.04. The highest BCUT2D eigenvalue weighted by molar-refractivity contribution is 5.78. The van der Waals surface area contributed by atoms with Gasteiger partial charge in [0.2, 0.25) is 5.91 Å². The first-order valence-corrected chi connectivity index (χ1v) is 4.40. The monoisotopic (exact) mass is 235 g/mol. The standard InChI is InChI=1S/C10H9F4NO/c1-15-9(16)4-6-2-7(10(12,13)14)5-8(11)3-6/h2-3,5H,4H2,1H3,(H,15,16). The number of amides is 1. The normalized spacial score (nSPS) is 11.3. The summed E-state index contributed by atoms with van der Waals surface area (Å²) in [6.45, 7) is 0. The van der Waals surface area contributed by atoms with Crippen molar-refractivity contribution < 1.29 is 22.4 Å². The van der Waals surface area contributed by atoms with E-state index in [0.717, 1.165) is 12.1 Å². The molecule has 0 heterocycles. The highest BCUT2D eigenvalue weighted by atomic mass is 19.4. The average Bonchev–Trinajstić information content (AvgIpc) is 2.15. The van der Waals surface area contributed by atoms with Gasteiger partial charge in [-0.3, -0.25) is 4.79 Å². The second-order valence-corrected chi connectivity index (χ2v) is 3.20. The molecule has 1 aromatic rings. The highest BCUT2D eigenvalue weighted by Gasteiger charge is 2.31. The van der Waals surface area contributed by atoms with Gasteiger partial charge in [0.25, 0.3) is 0 Å². The number of benzene rings is 1. The van der Waals surface area contributed by atoms with Gasteiger partial charge in [-0.15, -0.1) is 0 Å². The number of halogens is 4. The van der Waals surface area contributed by atoms with Crippen molar-refractivity contribution in [3.05, 3.63) is 35.1 Å². The lowest BCUT2D eigenvalue weighted by molar-refractivity contribution is -0.138. The molecule has 0 radical (unpaired) electrons. The first-order valence-electron chi connectivity index (χ1n) is 4.40. The molecule has 0 aromatic heterocycles. The van der Waals surface area contributed by atoms with Crippen LogP contribution in [0.3, 0.4) is 0 Å². The summed E-state index contributed by atoms with van der Waals surface area (Å²) in [4.78, 5) is 10.9. The van der Waals surface area contributed by atoms with Crippen LogP contribution in [0.5, 0.6) is 0 Å². The summed E-state index contributed by atoms with van der Waals surface area (Å²) in [6, 6.07) is 2.07. The average molecular weight is 235 g/mol. The Hall–Kier alpha value is -1.59. The Morgan fingerprint density at radius 1 is 1.31 bits per heavy atom. The number of hydrogen-bond acceptors (Lipinski definition) is 1. The largest absolute Gasteiger partial charge is 0.416 e. The van der Waals surface area contributed by atoms with Crippen LogP contribution in [0, 0.1) is 5.82 Å². The van der Waals surface area contributed by atoms with Crippen LogP contribution >= 0.6 is 0 Å². The van der Waals surface area contributed by atoms with Crippen molar-refractivity contribution in [1.82, 2.24) is 5.32 Å². The highest BCUT2D eigenvalue weighted by Crippen LogP contribution is 2.30. The summed E-state index contributed by atoms with van der Waals surface area (Å²) < 4.78 is 49.8. The second-order valence-electron chi connectivity index (χ2n) is 3.20. The SMILES string of the molecule is CNC(=O)Cc1cc(F)cc(C(F)(F)F)c1. The van der Waals surface area contributed by atoms with E-state index in [1.54, 1.807) is 0 Å². The minimum atomic E-state index is -4.61. The molecule has 0 spiro atoms. The summed E-state index contributed by atoms with van der Waals surface area (Å²) in [5.41, 5.74) is -1.10. The van der Waals surface area contributed by atoms with Crippen molar-refractivity contribution in [3.8, 4) is 0 Å². The molecule has 2 nitrogen and oxygen atoms in total. The van der Waals surface area contributed by atoms with Crippen LogP contribution in [0.4, 0.5) is 17.6 Å². The molecule has 0 aliphatic heterocycles. The van der Waals surface area contributed by atoms with E-state index in [2.05, 4.69) is 5.32 Å². The number of carbonyl (C=O) groups excluding carboxylic acids is 1. The molecular weight excluding hydrogens is 226 g/mol. The molecule has 1 amide bonds. The van der Waals surface area contributed by atoms with E-state index in [1.807, 2.05) is 0 Å². The summed E-state index contributed by atoms with van der Waals surface area (Å²) in [5, 5.41) is 2.25. The van der Waals surface area contributed by atoms with Crippen LogP contribution in [-0.4, -0.2) is 13.0 Å². The molecule has 1 rings (SSSR count). The zero-order valence-electron chi connectivity index (χ0n) is 8.36. The zero-order valence-corrected chi connectivity index (χ0v) is 8.36. The quantitative estimate of drug-likeness (QED) is 0.782. The van der Waals surface area contributed by atoms with Crippen molar-refractivity contribution in [2.45, 2.75) is 12.6 Å². The van der Waals surface area contributed by atoms with Crippen molar-refractivity contribution in [1.29, 1.82) is 0 Å².